The predicted molar refractivity (Wildman–Crippen MR) is 100.0 cm³/mol. The molecule has 2 aromatic heterocycles. The van der Waals surface area contributed by atoms with Gasteiger partial charge in [0.15, 0.2) is 0 Å². The molecule has 3 N–H and O–H groups in total. The number of aromatic hydroxyl groups is 1. The van der Waals surface area contributed by atoms with Crippen molar-refractivity contribution in [1.29, 1.82) is 0 Å². The van der Waals surface area contributed by atoms with Crippen LogP contribution in [0.4, 0.5) is 11.8 Å². The van der Waals surface area contributed by atoms with E-state index in [1.165, 1.54) is 32.1 Å². The maximum absolute atomic E-state index is 9.93. The van der Waals surface area contributed by atoms with Crippen molar-refractivity contribution in [3.8, 4) is 5.75 Å². The number of aromatic nitrogens is 3. The molecule has 6 nitrogen and oxygen atoms in total. The Hall–Kier alpha value is -2.37. The molecule has 0 aliphatic heterocycles. The topological polar surface area (TPSA) is 83.0 Å². The van der Waals surface area contributed by atoms with Crippen molar-refractivity contribution in [2.75, 3.05) is 10.6 Å². The van der Waals surface area contributed by atoms with Crippen LogP contribution in [0.3, 0.4) is 0 Å². The van der Waals surface area contributed by atoms with Gasteiger partial charge in [0.2, 0.25) is 5.95 Å². The largest absolute Gasteiger partial charge is 0.506 e. The third-order valence-electron chi connectivity index (χ3n) is 4.84. The van der Waals surface area contributed by atoms with Gasteiger partial charge in [0, 0.05) is 23.0 Å². The van der Waals surface area contributed by atoms with E-state index in [9.17, 15) is 5.11 Å². The van der Waals surface area contributed by atoms with Gasteiger partial charge in [0.05, 0.1) is 6.54 Å². The Balaban J connectivity index is 1.74. The first-order valence-corrected chi connectivity index (χ1v) is 9.04. The number of aryl methyl sites for hydroxylation is 2. The van der Waals surface area contributed by atoms with Crippen LogP contribution in [0.2, 0.25) is 0 Å². The molecule has 0 bridgehead atoms. The lowest BCUT2D eigenvalue weighted by atomic mass is 9.95. The van der Waals surface area contributed by atoms with Gasteiger partial charge in [0.25, 0.3) is 0 Å². The average Bonchev–Trinajstić information content (AvgIpc) is 2.61. The quantitative estimate of drug-likeness (QED) is 0.766. The number of pyridine rings is 1. The molecule has 6 heteroatoms. The molecule has 1 aliphatic carbocycles. The molecular formula is C19H27N5O. The Morgan fingerprint density at radius 1 is 1.04 bits per heavy atom. The van der Waals surface area contributed by atoms with Crippen LogP contribution in [0.1, 0.15) is 54.7 Å². The first-order chi connectivity index (χ1) is 12.0. The van der Waals surface area contributed by atoms with Crippen LogP contribution < -0.4 is 10.6 Å². The highest BCUT2D eigenvalue weighted by molar-refractivity contribution is 5.50. The summed E-state index contributed by atoms with van der Waals surface area (Å²) in [6.45, 7) is 6.34. The lowest BCUT2D eigenvalue weighted by Crippen LogP contribution is -2.24. The summed E-state index contributed by atoms with van der Waals surface area (Å²) in [5.74, 6) is 1.65. The lowest BCUT2D eigenvalue weighted by Gasteiger charge is -2.24. The predicted octanol–water partition coefficient (Wildman–Crippen LogP) is 3.86. The van der Waals surface area contributed by atoms with E-state index in [0.29, 0.717) is 24.2 Å². The summed E-state index contributed by atoms with van der Waals surface area (Å²) in [7, 11) is 0. The fourth-order valence-electron chi connectivity index (χ4n) is 3.18. The number of anilines is 2. The molecule has 0 saturated heterocycles. The molecule has 0 aromatic carbocycles. The first kappa shape index (κ1) is 17.5. The Kier molecular flexibility index (Phi) is 5.36. The average molecular weight is 341 g/mol. The molecule has 2 aromatic rings. The van der Waals surface area contributed by atoms with Gasteiger partial charge in [-0.2, -0.15) is 4.98 Å². The van der Waals surface area contributed by atoms with Crippen molar-refractivity contribution in [1.82, 2.24) is 15.0 Å². The smallest absolute Gasteiger partial charge is 0.225 e. The van der Waals surface area contributed by atoms with E-state index in [4.69, 9.17) is 0 Å². The van der Waals surface area contributed by atoms with E-state index >= 15 is 0 Å². The number of nitrogens with one attached hydrogen (secondary N) is 2. The Labute approximate surface area is 149 Å². The highest BCUT2D eigenvalue weighted by Gasteiger charge is 2.16. The molecule has 1 fully saturated rings. The van der Waals surface area contributed by atoms with Crippen molar-refractivity contribution in [3.05, 3.63) is 34.8 Å². The van der Waals surface area contributed by atoms with E-state index in [0.717, 1.165) is 22.8 Å². The molecule has 1 aliphatic rings. The maximum atomic E-state index is 9.93. The van der Waals surface area contributed by atoms with Gasteiger partial charge in [-0.3, -0.25) is 4.98 Å². The summed E-state index contributed by atoms with van der Waals surface area (Å²) in [4.78, 5) is 13.5. The number of rotatable bonds is 5. The van der Waals surface area contributed by atoms with Crippen LogP contribution in [0.5, 0.6) is 5.75 Å². The highest BCUT2D eigenvalue weighted by atomic mass is 16.3. The fraction of sp³-hybridized carbons (Fsp3) is 0.526. The Morgan fingerprint density at radius 3 is 2.56 bits per heavy atom. The van der Waals surface area contributed by atoms with Gasteiger partial charge >= 0.3 is 0 Å². The molecule has 25 heavy (non-hydrogen) atoms. The van der Waals surface area contributed by atoms with Crippen LogP contribution in [0, 0.1) is 20.8 Å². The third kappa shape index (κ3) is 4.38. The zero-order valence-electron chi connectivity index (χ0n) is 15.3. The third-order valence-corrected chi connectivity index (χ3v) is 4.84. The second-order valence-electron chi connectivity index (χ2n) is 6.86. The van der Waals surface area contributed by atoms with Crippen LogP contribution in [0.15, 0.2) is 12.1 Å². The highest BCUT2D eigenvalue weighted by Crippen LogP contribution is 2.24. The molecule has 3 rings (SSSR count). The second-order valence-corrected chi connectivity index (χ2v) is 6.86. The second kappa shape index (κ2) is 7.68. The molecule has 1 saturated carbocycles. The van der Waals surface area contributed by atoms with Crippen molar-refractivity contribution >= 4 is 11.8 Å². The van der Waals surface area contributed by atoms with Crippen molar-refractivity contribution in [3.63, 3.8) is 0 Å². The van der Waals surface area contributed by atoms with Crippen LogP contribution in [-0.2, 0) is 6.54 Å². The van der Waals surface area contributed by atoms with Crippen LogP contribution in [0.25, 0.3) is 0 Å². The standard InChI is InChI=1S/C19H27N5O/c1-12-9-10-17(25)16(21-12)11-20-19-22-14(3)13(2)18(24-19)23-15-7-5-4-6-8-15/h9-10,15,25H,4-8,11H2,1-3H3,(H2,20,22,23,24). The molecule has 0 unspecified atom stereocenters. The van der Waals surface area contributed by atoms with Gasteiger partial charge in [-0.05, 0) is 45.7 Å². The first-order valence-electron chi connectivity index (χ1n) is 9.04. The normalized spacial score (nSPS) is 15.2. The summed E-state index contributed by atoms with van der Waals surface area (Å²) in [6.07, 6.45) is 6.30. The van der Waals surface area contributed by atoms with Crippen molar-refractivity contribution in [2.24, 2.45) is 0 Å². The molecule has 0 amide bonds. The maximum Gasteiger partial charge on any atom is 0.225 e. The van der Waals surface area contributed by atoms with E-state index in [1.807, 2.05) is 13.8 Å². The van der Waals surface area contributed by atoms with Crippen LogP contribution >= 0.6 is 0 Å². The summed E-state index contributed by atoms with van der Waals surface area (Å²) in [5, 5.41) is 16.7. The zero-order chi connectivity index (χ0) is 17.8. The molecule has 0 spiro atoms. The summed E-state index contributed by atoms with van der Waals surface area (Å²) in [6, 6.07) is 3.95. The molecule has 0 radical (unpaired) electrons. The summed E-state index contributed by atoms with van der Waals surface area (Å²) >= 11 is 0. The fourth-order valence-corrected chi connectivity index (χ4v) is 3.18. The van der Waals surface area contributed by atoms with E-state index < -0.39 is 0 Å². The van der Waals surface area contributed by atoms with Gasteiger partial charge in [-0.15, -0.1) is 0 Å². The summed E-state index contributed by atoms with van der Waals surface area (Å²) < 4.78 is 0. The van der Waals surface area contributed by atoms with Gasteiger partial charge < -0.3 is 15.7 Å². The lowest BCUT2D eigenvalue weighted by molar-refractivity contribution is 0.461. The molecular weight excluding hydrogens is 314 g/mol. The van der Waals surface area contributed by atoms with Crippen LogP contribution in [-0.4, -0.2) is 26.1 Å². The summed E-state index contributed by atoms with van der Waals surface area (Å²) in [5.41, 5.74) is 3.52. The number of hydrogen-bond acceptors (Lipinski definition) is 6. The van der Waals surface area contributed by atoms with Gasteiger partial charge in [-0.1, -0.05) is 19.3 Å². The van der Waals surface area contributed by atoms with Crippen molar-refractivity contribution < 1.29 is 5.11 Å². The number of hydrogen-bond donors (Lipinski definition) is 3. The van der Waals surface area contributed by atoms with Gasteiger partial charge in [-0.25, -0.2) is 4.98 Å². The van der Waals surface area contributed by atoms with E-state index in [1.54, 1.807) is 12.1 Å². The minimum Gasteiger partial charge on any atom is -0.506 e. The van der Waals surface area contributed by atoms with E-state index in [-0.39, 0.29) is 5.75 Å². The molecule has 0 atom stereocenters. The van der Waals surface area contributed by atoms with E-state index in [2.05, 4.69) is 32.5 Å². The molecule has 2 heterocycles. The van der Waals surface area contributed by atoms with Crippen molar-refractivity contribution in [2.45, 2.75) is 65.5 Å². The Bertz CT molecular complexity index is 741. The zero-order valence-corrected chi connectivity index (χ0v) is 15.3. The minimum atomic E-state index is 0.183. The van der Waals surface area contributed by atoms with Gasteiger partial charge in [0.1, 0.15) is 17.3 Å². The SMILES string of the molecule is Cc1ccc(O)c(CNc2nc(C)c(C)c(NC3CCCCC3)n2)n1. The monoisotopic (exact) mass is 341 g/mol. The Morgan fingerprint density at radius 2 is 1.80 bits per heavy atom. The minimum absolute atomic E-state index is 0.183. The molecule has 134 valence electrons. The number of nitrogens with zero attached hydrogens (tertiary/aromatic N) is 3.